The molecule has 84 valence electrons. The van der Waals surface area contributed by atoms with Crippen molar-refractivity contribution in [2.24, 2.45) is 0 Å². The fraction of sp³-hybridized carbons (Fsp3) is 0.667. The normalized spacial score (nSPS) is 43.7. The topological polar surface area (TPSA) is 26.3 Å². The van der Waals surface area contributed by atoms with E-state index in [-0.39, 0.29) is 0 Å². The molecule has 0 aromatic carbocycles. The Bertz CT molecular complexity index is 341. The van der Waals surface area contributed by atoms with Gasteiger partial charge in [-0.3, -0.25) is 4.79 Å². The molecule has 0 radical (unpaired) electrons. The molecule has 2 bridgehead atoms. The lowest BCUT2D eigenvalue weighted by molar-refractivity contribution is -0.147. The molecule has 0 spiro atoms. The average molecular weight is 290 g/mol. The van der Waals surface area contributed by atoms with E-state index in [0.29, 0.717) is 22.9 Å². The molecule has 2 atom stereocenters. The first-order valence-corrected chi connectivity index (χ1v) is 5.95. The molecule has 1 fully saturated rings. The van der Waals surface area contributed by atoms with Gasteiger partial charge in [0.1, 0.15) is 15.9 Å². The minimum absolute atomic E-state index is 0.304. The van der Waals surface area contributed by atoms with Crippen LogP contribution in [0.4, 0.5) is 0 Å². The summed E-state index contributed by atoms with van der Waals surface area (Å²) in [5, 5.41) is 0.608. The van der Waals surface area contributed by atoms with Crippen LogP contribution in [0.1, 0.15) is 19.8 Å². The van der Waals surface area contributed by atoms with Gasteiger partial charge in [-0.1, -0.05) is 23.2 Å². The largest absolute Gasteiger partial charge is 0.458 e. The third-order valence-corrected chi connectivity index (χ3v) is 5.39. The molecule has 0 saturated heterocycles. The third-order valence-electron chi connectivity index (χ3n) is 2.89. The van der Waals surface area contributed by atoms with Crippen LogP contribution >= 0.6 is 46.4 Å². The molecule has 6 heteroatoms. The zero-order valence-electron chi connectivity index (χ0n) is 7.82. The van der Waals surface area contributed by atoms with Crippen molar-refractivity contribution in [3.8, 4) is 0 Å². The fourth-order valence-electron chi connectivity index (χ4n) is 2.16. The van der Waals surface area contributed by atoms with Gasteiger partial charge >= 0.3 is 5.97 Å². The molecule has 15 heavy (non-hydrogen) atoms. The Morgan fingerprint density at radius 3 is 2.00 bits per heavy atom. The van der Waals surface area contributed by atoms with E-state index in [1.165, 1.54) is 6.92 Å². The molecule has 0 heterocycles. The smallest absolute Gasteiger partial charge is 0.303 e. The van der Waals surface area contributed by atoms with Gasteiger partial charge in [-0.05, 0) is 12.8 Å². The molecule has 0 aliphatic heterocycles. The van der Waals surface area contributed by atoms with Crippen molar-refractivity contribution in [1.82, 2.24) is 0 Å². The van der Waals surface area contributed by atoms with E-state index in [1.807, 2.05) is 0 Å². The summed E-state index contributed by atoms with van der Waals surface area (Å²) in [6.45, 7) is 1.31. The molecule has 0 N–H and O–H groups in total. The molecule has 2 aliphatic rings. The zero-order valence-corrected chi connectivity index (χ0v) is 10.8. The number of hydrogen-bond donors (Lipinski definition) is 0. The van der Waals surface area contributed by atoms with Crippen LogP contribution in [-0.4, -0.2) is 21.8 Å². The first-order valence-electron chi connectivity index (χ1n) is 4.43. The number of ether oxygens (including phenoxy) is 1. The lowest BCUT2D eigenvalue weighted by Gasteiger charge is -2.26. The first kappa shape index (κ1) is 11.8. The number of hydrogen-bond acceptors (Lipinski definition) is 2. The van der Waals surface area contributed by atoms with Gasteiger partial charge in [-0.2, -0.15) is 0 Å². The summed E-state index contributed by atoms with van der Waals surface area (Å²) in [4.78, 5) is 9.10. The Balaban J connectivity index is 2.42. The fourth-order valence-corrected chi connectivity index (χ4v) is 3.87. The number of fused-ring (bicyclic) bond motifs is 2. The van der Waals surface area contributed by atoms with E-state index in [0.717, 1.165) is 0 Å². The van der Waals surface area contributed by atoms with Crippen LogP contribution < -0.4 is 0 Å². The lowest BCUT2D eigenvalue weighted by atomic mass is 10.1. The van der Waals surface area contributed by atoms with Crippen molar-refractivity contribution in [2.75, 3.05) is 0 Å². The second kappa shape index (κ2) is 3.43. The van der Waals surface area contributed by atoms with Crippen LogP contribution in [0.25, 0.3) is 0 Å². The SMILES string of the molecule is CC(=O)OC1C2(Cl)CCC1(Cl)C(Cl)=C2Cl. The summed E-state index contributed by atoms with van der Waals surface area (Å²) >= 11 is 24.6. The molecule has 2 nitrogen and oxygen atoms in total. The van der Waals surface area contributed by atoms with Gasteiger partial charge < -0.3 is 4.74 Å². The highest BCUT2D eigenvalue weighted by Gasteiger charge is 2.67. The van der Waals surface area contributed by atoms with Gasteiger partial charge in [0, 0.05) is 6.92 Å². The van der Waals surface area contributed by atoms with Gasteiger partial charge in [0.2, 0.25) is 0 Å². The van der Waals surface area contributed by atoms with Crippen molar-refractivity contribution >= 4 is 52.4 Å². The van der Waals surface area contributed by atoms with Crippen molar-refractivity contribution in [3.05, 3.63) is 10.1 Å². The van der Waals surface area contributed by atoms with E-state index in [2.05, 4.69) is 0 Å². The number of alkyl halides is 2. The Labute approximate surface area is 107 Å². The monoisotopic (exact) mass is 288 g/mol. The van der Waals surface area contributed by atoms with E-state index >= 15 is 0 Å². The van der Waals surface area contributed by atoms with E-state index in [1.54, 1.807) is 0 Å². The highest BCUT2D eigenvalue weighted by atomic mass is 35.5. The maximum absolute atomic E-state index is 11.0. The van der Waals surface area contributed by atoms with Gasteiger partial charge in [0.25, 0.3) is 0 Å². The average Bonchev–Trinajstić information content (AvgIpc) is 2.47. The Morgan fingerprint density at radius 1 is 1.27 bits per heavy atom. The molecular formula is C9H8Cl4O2. The maximum atomic E-state index is 11.0. The van der Waals surface area contributed by atoms with E-state index in [9.17, 15) is 4.79 Å². The van der Waals surface area contributed by atoms with Crippen LogP contribution in [0, 0.1) is 0 Å². The molecule has 2 unspecified atom stereocenters. The van der Waals surface area contributed by atoms with Crippen LogP contribution in [0.3, 0.4) is 0 Å². The van der Waals surface area contributed by atoms with Crippen LogP contribution in [0.2, 0.25) is 0 Å². The van der Waals surface area contributed by atoms with Crippen molar-refractivity contribution in [3.63, 3.8) is 0 Å². The zero-order chi connectivity index (χ0) is 11.4. The minimum atomic E-state index is -0.938. The highest BCUT2D eigenvalue weighted by Crippen LogP contribution is 2.63. The predicted molar refractivity (Wildman–Crippen MR) is 60.7 cm³/mol. The molecule has 2 aliphatic carbocycles. The summed E-state index contributed by atoms with van der Waals surface area (Å²) in [5.74, 6) is -0.437. The summed E-state index contributed by atoms with van der Waals surface area (Å²) in [5.41, 5.74) is 0. The van der Waals surface area contributed by atoms with Crippen molar-refractivity contribution in [1.29, 1.82) is 0 Å². The van der Waals surface area contributed by atoms with E-state index in [4.69, 9.17) is 51.1 Å². The van der Waals surface area contributed by atoms with Crippen LogP contribution in [-0.2, 0) is 9.53 Å². The Hall–Kier alpha value is 0.370. The summed E-state index contributed by atoms with van der Waals surface area (Å²) in [6, 6.07) is 0. The second-order valence-corrected chi connectivity index (χ2v) is 5.95. The maximum Gasteiger partial charge on any atom is 0.303 e. The van der Waals surface area contributed by atoms with Gasteiger partial charge in [-0.15, -0.1) is 23.2 Å². The quantitative estimate of drug-likeness (QED) is 0.546. The molecule has 0 aromatic heterocycles. The van der Waals surface area contributed by atoms with E-state index < -0.39 is 21.8 Å². The molecule has 0 aromatic rings. The third kappa shape index (κ3) is 1.42. The summed E-state index contributed by atoms with van der Waals surface area (Å²) in [7, 11) is 0. The predicted octanol–water partition coefficient (Wildman–Crippen LogP) is 3.37. The number of carbonyl (C=O) groups excluding carboxylic acids is 1. The molecule has 0 amide bonds. The van der Waals surface area contributed by atoms with Crippen molar-refractivity contribution in [2.45, 2.75) is 35.6 Å². The Morgan fingerprint density at radius 2 is 1.67 bits per heavy atom. The van der Waals surface area contributed by atoms with Crippen LogP contribution in [0.15, 0.2) is 10.1 Å². The highest BCUT2D eigenvalue weighted by molar-refractivity contribution is 6.51. The minimum Gasteiger partial charge on any atom is -0.458 e. The van der Waals surface area contributed by atoms with Crippen LogP contribution in [0.5, 0.6) is 0 Å². The van der Waals surface area contributed by atoms with Gasteiger partial charge in [0.15, 0.2) is 0 Å². The van der Waals surface area contributed by atoms with Crippen molar-refractivity contribution < 1.29 is 9.53 Å². The number of halogens is 4. The number of carbonyl (C=O) groups is 1. The molecule has 2 rings (SSSR count). The lowest BCUT2D eigenvalue weighted by Crippen LogP contribution is -2.40. The molecular weight excluding hydrogens is 282 g/mol. The number of esters is 1. The standard InChI is InChI=1S/C9H8Cl4O2/c1-4(14)15-7-8(12)2-3-9(7,13)6(11)5(8)10/h7H,2-3H2,1H3. The summed E-state index contributed by atoms with van der Waals surface area (Å²) in [6.07, 6.45) is 0.446. The second-order valence-electron chi connectivity index (χ2n) is 3.84. The summed E-state index contributed by atoms with van der Waals surface area (Å²) < 4.78 is 5.13. The van der Waals surface area contributed by atoms with Gasteiger partial charge in [-0.25, -0.2) is 0 Å². The Kier molecular flexibility index (Phi) is 2.71. The molecule has 1 saturated carbocycles. The van der Waals surface area contributed by atoms with Gasteiger partial charge in [0.05, 0.1) is 10.1 Å². The number of rotatable bonds is 1. The first-order chi connectivity index (χ1) is 6.82.